The Kier molecular flexibility index (Phi) is 4.94. The topological polar surface area (TPSA) is 49.7 Å². The van der Waals surface area contributed by atoms with Gasteiger partial charge in [0.1, 0.15) is 11.4 Å². The summed E-state index contributed by atoms with van der Waals surface area (Å²) in [5.74, 6) is 1.16. The smallest absolute Gasteiger partial charge is 0.114 e. The predicted octanol–water partition coefficient (Wildman–Crippen LogP) is 3.85. The lowest BCUT2D eigenvalue weighted by Gasteiger charge is -2.47. The van der Waals surface area contributed by atoms with Crippen LogP contribution >= 0.6 is 0 Å². The van der Waals surface area contributed by atoms with E-state index in [4.69, 9.17) is 4.74 Å². The number of aliphatic hydroxyl groups is 2. The molecule has 0 bridgehead atoms. The Hall–Kier alpha value is -0.800. The van der Waals surface area contributed by atoms with Crippen LogP contribution < -0.4 is 0 Å². The molecule has 0 aromatic heterocycles. The summed E-state index contributed by atoms with van der Waals surface area (Å²) in [6.07, 6.45) is 13.5. The Morgan fingerprint density at radius 2 is 2.09 bits per heavy atom. The van der Waals surface area contributed by atoms with Crippen molar-refractivity contribution in [1.29, 1.82) is 0 Å². The molecule has 124 valence electrons. The van der Waals surface area contributed by atoms with Gasteiger partial charge < -0.3 is 14.9 Å². The lowest BCUT2D eigenvalue weighted by molar-refractivity contribution is -0.107. The van der Waals surface area contributed by atoms with E-state index in [2.05, 4.69) is 19.1 Å². The molecule has 0 aromatic rings. The second kappa shape index (κ2) is 6.76. The Labute approximate surface area is 134 Å². The number of aliphatic hydroxyl groups excluding tert-OH is 2. The van der Waals surface area contributed by atoms with Gasteiger partial charge >= 0.3 is 0 Å². The average molecular weight is 306 g/mol. The zero-order chi connectivity index (χ0) is 15.6. The molecule has 3 nitrogen and oxygen atoms in total. The van der Waals surface area contributed by atoms with E-state index in [0.717, 1.165) is 62.7 Å². The summed E-state index contributed by atoms with van der Waals surface area (Å²) >= 11 is 0. The standard InChI is InChI=1S/C19H30O3/c1-2-7-14(20)10-11-16-18(21)15-8-3-4-9-17(15)22-19(16)12-5-6-13-19/h3,8,14,16,18,20-21H,2,4-7,9-13H2,1H3. The number of rotatable bonds is 5. The molecule has 1 fully saturated rings. The van der Waals surface area contributed by atoms with Crippen LogP contribution in [-0.2, 0) is 4.74 Å². The van der Waals surface area contributed by atoms with E-state index in [0.29, 0.717) is 0 Å². The Morgan fingerprint density at radius 1 is 1.32 bits per heavy atom. The summed E-state index contributed by atoms with van der Waals surface area (Å²) < 4.78 is 6.50. The molecule has 3 unspecified atom stereocenters. The van der Waals surface area contributed by atoms with Gasteiger partial charge in [0.05, 0.1) is 12.2 Å². The van der Waals surface area contributed by atoms with Crippen molar-refractivity contribution < 1.29 is 14.9 Å². The molecule has 0 aromatic carbocycles. The Bertz CT molecular complexity index is 446. The second-order valence-corrected chi connectivity index (χ2v) is 7.26. The molecule has 3 atom stereocenters. The lowest BCUT2D eigenvalue weighted by atomic mass is 9.73. The molecule has 0 saturated heterocycles. The van der Waals surface area contributed by atoms with Gasteiger partial charge in [-0.25, -0.2) is 0 Å². The van der Waals surface area contributed by atoms with E-state index >= 15 is 0 Å². The van der Waals surface area contributed by atoms with E-state index in [-0.39, 0.29) is 17.6 Å². The molecule has 1 aliphatic heterocycles. The molecule has 2 N–H and O–H groups in total. The molecule has 22 heavy (non-hydrogen) atoms. The van der Waals surface area contributed by atoms with Crippen molar-refractivity contribution in [3.8, 4) is 0 Å². The first kappa shape index (κ1) is 16.1. The quantitative estimate of drug-likeness (QED) is 0.811. The first-order valence-corrected chi connectivity index (χ1v) is 9.11. The number of allylic oxidation sites excluding steroid dienone is 2. The van der Waals surface area contributed by atoms with Gasteiger partial charge in [0.2, 0.25) is 0 Å². The molecule has 1 heterocycles. The van der Waals surface area contributed by atoms with Gasteiger partial charge in [0.25, 0.3) is 0 Å². The van der Waals surface area contributed by atoms with Crippen LogP contribution in [0.2, 0.25) is 0 Å². The minimum atomic E-state index is -0.424. The van der Waals surface area contributed by atoms with Crippen LogP contribution in [0.1, 0.15) is 71.1 Å². The molecule has 3 heteroatoms. The second-order valence-electron chi connectivity index (χ2n) is 7.26. The summed E-state index contributed by atoms with van der Waals surface area (Å²) in [6, 6.07) is 0. The molecule has 1 saturated carbocycles. The van der Waals surface area contributed by atoms with Crippen LogP contribution in [0.3, 0.4) is 0 Å². The highest BCUT2D eigenvalue weighted by atomic mass is 16.5. The molecule has 2 aliphatic carbocycles. The monoisotopic (exact) mass is 306 g/mol. The summed E-state index contributed by atoms with van der Waals surface area (Å²) in [7, 11) is 0. The van der Waals surface area contributed by atoms with Crippen molar-refractivity contribution in [3.63, 3.8) is 0 Å². The number of hydrogen-bond acceptors (Lipinski definition) is 3. The van der Waals surface area contributed by atoms with Crippen molar-refractivity contribution in [1.82, 2.24) is 0 Å². The molecule has 3 aliphatic rings. The zero-order valence-corrected chi connectivity index (χ0v) is 13.8. The third kappa shape index (κ3) is 2.98. The van der Waals surface area contributed by atoms with Crippen LogP contribution in [-0.4, -0.2) is 28.0 Å². The highest BCUT2D eigenvalue weighted by molar-refractivity contribution is 5.34. The van der Waals surface area contributed by atoms with Crippen molar-refractivity contribution in [2.24, 2.45) is 5.92 Å². The maximum Gasteiger partial charge on any atom is 0.114 e. The summed E-state index contributed by atoms with van der Waals surface area (Å²) in [5, 5.41) is 21.0. The fourth-order valence-electron chi connectivity index (χ4n) is 4.58. The molecular weight excluding hydrogens is 276 g/mol. The Balaban J connectivity index is 1.78. The summed E-state index contributed by atoms with van der Waals surface area (Å²) in [5.41, 5.74) is 0.828. The lowest BCUT2D eigenvalue weighted by Crippen LogP contribution is -2.49. The molecule has 0 amide bonds. The van der Waals surface area contributed by atoms with Crippen LogP contribution in [0, 0.1) is 5.92 Å². The van der Waals surface area contributed by atoms with Gasteiger partial charge in [-0.2, -0.15) is 0 Å². The normalized spacial score (nSPS) is 31.2. The van der Waals surface area contributed by atoms with Crippen molar-refractivity contribution in [2.75, 3.05) is 0 Å². The number of hydrogen-bond donors (Lipinski definition) is 2. The van der Waals surface area contributed by atoms with Gasteiger partial charge in [-0.3, -0.25) is 0 Å². The first-order valence-electron chi connectivity index (χ1n) is 9.11. The SMILES string of the molecule is CCCC(O)CCC1C(O)C2=C(CCC=C2)OC12CCCC2. The van der Waals surface area contributed by atoms with Crippen molar-refractivity contribution >= 4 is 0 Å². The van der Waals surface area contributed by atoms with Gasteiger partial charge in [0, 0.05) is 17.9 Å². The van der Waals surface area contributed by atoms with E-state index in [1.807, 2.05) is 0 Å². The van der Waals surface area contributed by atoms with Crippen LogP contribution in [0.4, 0.5) is 0 Å². The molecular formula is C19H30O3. The van der Waals surface area contributed by atoms with Gasteiger partial charge in [0.15, 0.2) is 0 Å². The average Bonchev–Trinajstić information content (AvgIpc) is 2.96. The Morgan fingerprint density at radius 3 is 2.82 bits per heavy atom. The van der Waals surface area contributed by atoms with Crippen molar-refractivity contribution in [3.05, 3.63) is 23.5 Å². The third-order valence-corrected chi connectivity index (χ3v) is 5.74. The summed E-state index contributed by atoms with van der Waals surface area (Å²) in [6.45, 7) is 2.10. The minimum Gasteiger partial charge on any atom is -0.491 e. The van der Waals surface area contributed by atoms with E-state index < -0.39 is 6.10 Å². The van der Waals surface area contributed by atoms with E-state index in [9.17, 15) is 10.2 Å². The fraction of sp³-hybridized carbons (Fsp3) is 0.789. The number of ether oxygens (including phenoxy) is 1. The van der Waals surface area contributed by atoms with Gasteiger partial charge in [-0.05, 0) is 51.4 Å². The summed E-state index contributed by atoms with van der Waals surface area (Å²) in [4.78, 5) is 0. The third-order valence-electron chi connectivity index (χ3n) is 5.74. The highest BCUT2D eigenvalue weighted by Crippen LogP contribution is 2.50. The predicted molar refractivity (Wildman–Crippen MR) is 87.3 cm³/mol. The minimum absolute atomic E-state index is 0.128. The van der Waals surface area contributed by atoms with E-state index in [1.165, 1.54) is 12.8 Å². The zero-order valence-electron chi connectivity index (χ0n) is 13.8. The van der Waals surface area contributed by atoms with E-state index in [1.54, 1.807) is 0 Å². The van der Waals surface area contributed by atoms with Crippen LogP contribution in [0.25, 0.3) is 0 Å². The highest BCUT2D eigenvalue weighted by Gasteiger charge is 2.51. The van der Waals surface area contributed by atoms with Gasteiger partial charge in [-0.1, -0.05) is 25.5 Å². The maximum absolute atomic E-state index is 11.0. The van der Waals surface area contributed by atoms with Gasteiger partial charge in [-0.15, -0.1) is 0 Å². The van der Waals surface area contributed by atoms with Crippen LogP contribution in [0.15, 0.2) is 23.5 Å². The molecule has 0 radical (unpaired) electrons. The van der Waals surface area contributed by atoms with Crippen molar-refractivity contribution in [2.45, 2.75) is 88.9 Å². The first-order chi connectivity index (χ1) is 10.7. The van der Waals surface area contributed by atoms with Crippen LogP contribution in [0.5, 0.6) is 0 Å². The molecule has 1 spiro atoms. The molecule has 3 rings (SSSR count). The largest absolute Gasteiger partial charge is 0.491 e. The fourth-order valence-corrected chi connectivity index (χ4v) is 4.58. The maximum atomic E-state index is 11.0.